The first-order valence-corrected chi connectivity index (χ1v) is 5.95. The Morgan fingerprint density at radius 2 is 2.00 bits per heavy atom. The van der Waals surface area contributed by atoms with E-state index in [1.165, 1.54) is 56.6 Å². The van der Waals surface area contributed by atoms with Crippen molar-refractivity contribution in [2.75, 3.05) is 0 Å². The predicted molar refractivity (Wildman–Crippen MR) is 58.4 cm³/mol. The average Bonchev–Trinajstić information content (AvgIpc) is 2.60. The van der Waals surface area contributed by atoms with Crippen molar-refractivity contribution < 1.29 is 0 Å². The Labute approximate surface area is 86.3 Å². The topological polar surface area (TPSA) is 17.8 Å². The van der Waals surface area contributed by atoms with Gasteiger partial charge in [0.15, 0.2) is 0 Å². The molecule has 2 heteroatoms. The van der Waals surface area contributed by atoms with Gasteiger partial charge in [0.1, 0.15) is 5.82 Å². The highest BCUT2D eigenvalue weighted by Gasteiger charge is 2.08. The van der Waals surface area contributed by atoms with Gasteiger partial charge in [0.25, 0.3) is 0 Å². The van der Waals surface area contributed by atoms with Crippen LogP contribution in [0.25, 0.3) is 0 Å². The van der Waals surface area contributed by atoms with E-state index in [4.69, 9.17) is 0 Å². The van der Waals surface area contributed by atoms with Crippen LogP contribution < -0.4 is 0 Å². The van der Waals surface area contributed by atoms with Crippen molar-refractivity contribution >= 4 is 0 Å². The molecular formula is C12H20N2. The summed E-state index contributed by atoms with van der Waals surface area (Å²) in [7, 11) is 0. The third-order valence-corrected chi connectivity index (χ3v) is 3.07. The maximum atomic E-state index is 4.68. The maximum Gasteiger partial charge on any atom is 0.108 e. The van der Waals surface area contributed by atoms with Gasteiger partial charge < -0.3 is 4.57 Å². The molecule has 0 aromatic carbocycles. The molecule has 78 valence electrons. The van der Waals surface area contributed by atoms with E-state index in [0.717, 1.165) is 6.42 Å². The number of hydrogen-bond donors (Lipinski definition) is 0. The second-order valence-electron chi connectivity index (χ2n) is 4.21. The van der Waals surface area contributed by atoms with E-state index < -0.39 is 0 Å². The minimum Gasteiger partial charge on any atom is -0.335 e. The highest BCUT2D eigenvalue weighted by molar-refractivity contribution is 5.04. The first-order chi connectivity index (χ1) is 6.90. The van der Waals surface area contributed by atoms with Crippen LogP contribution >= 0.6 is 0 Å². The van der Waals surface area contributed by atoms with Gasteiger partial charge in [-0.3, -0.25) is 0 Å². The van der Waals surface area contributed by atoms with E-state index in [9.17, 15) is 0 Å². The number of nitrogens with zero attached hydrogens (tertiary/aromatic N) is 2. The van der Waals surface area contributed by atoms with Crippen LogP contribution in [0.4, 0.5) is 0 Å². The summed E-state index contributed by atoms with van der Waals surface area (Å²) < 4.78 is 2.38. The van der Waals surface area contributed by atoms with Gasteiger partial charge in [-0.2, -0.15) is 0 Å². The molecule has 2 heterocycles. The molecule has 0 fully saturated rings. The molecule has 1 aromatic rings. The van der Waals surface area contributed by atoms with E-state index in [0.29, 0.717) is 0 Å². The lowest BCUT2D eigenvalue weighted by atomic mass is 10.1. The van der Waals surface area contributed by atoms with E-state index in [2.05, 4.69) is 22.7 Å². The predicted octanol–water partition coefficient (Wildman–Crippen LogP) is 2.95. The molecule has 0 aliphatic carbocycles. The maximum absolute atomic E-state index is 4.68. The standard InChI is InChI=1S/C12H20N2/c1-2-11-10-14-9-7-5-3-4-6-8-12(14)13-11/h10H,2-9H2,1H3. The van der Waals surface area contributed by atoms with Crippen LogP contribution in [0.1, 0.15) is 50.5 Å². The fourth-order valence-corrected chi connectivity index (χ4v) is 2.17. The fraction of sp³-hybridized carbons (Fsp3) is 0.750. The van der Waals surface area contributed by atoms with Crippen LogP contribution in [0.2, 0.25) is 0 Å². The van der Waals surface area contributed by atoms with E-state index in [1.54, 1.807) is 0 Å². The normalized spacial score (nSPS) is 18.1. The van der Waals surface area contributed by atoms with Gasteiger partial charge in [0.05, 0.1) is 5.69 Å². The number of aromatic nitrogens is 2. The number of aryl methyl sites for hydroxylation is 3. The molecule has 2 nitrogen and oxygen atoms in total. The molecule has 1 aliphatic rings. The Morgan fingerprint density at radius 1 is 1.21 bits per heavy atom. The Morgan fingerprint density at radius 3 is 2.86 bits per heavy atom. The fourth-order valence-electron chi connectivity index (χ4n) is 2.17. The van der Waals surface area contributed by atoms with Crippen molar-refractivity contribution in [2.24, 2.45) is 0 Å². The van der Waals surface area contributed by atoms with Crippen LogP contribution in [-0.2, 0) is 19.4 Å². The SMILES string of the molecule is CCc1cn2c(n1)CCCCCCC2. The molecule has 0 bridgehead atoms. The molecule has 0 N–H and O–H groups in total. The summed E-state index contributed by atoms with van der Waals surface area (Å²) in [6.45, 7) is 3.37. The zero-order valence-corrected chi connectivity index (χ0v) is 9.13. The van der Waals surface area contributed by atoms with Crippen LogP contribution in [0, 0.1) is 0 Å². The summed E-state index contributed by atoms with van der Waals surface area (Å²) in [5.74, 6) is 1.32. The van der Waals surface area contributed by atoms with Crippen LogP contribution in [0.3, 0.4) is 0 Å². The summed E-state index contributed by atoms with van der Waals surface area (Å²) in [4.78, 5) is 4.68. The summed E-state index contributed by atoms with van der Waals surface area (Å²) in [6, 6.07) is 0. The lowest BCUT2D eigenvalue weighted by Gasteiger charge is -2.03. The van der Waals surface area contributed by atoms with Gasteiger partial charge in [-0.1, -0.05) is 26.2 Å². The molecule has 1 aliphatic heterocycles. The van der Waals surface area contributed by atoms with Gasteiger partial charge in [0.2, 0.25) is 0 Å². The first kappa shape index (κ1) is 9.75. The molecule has 0 saturated heterocycles. The zero-order valence-electron chi connectivity index (χ0n) is 9.13. The third kappa shape index (κ3) is 2.17. The van der Waals surface area contributed by atoms with Gasteiger partial charge >= 0.3 is 0 Å². The molecule has 14 heavy (non-hydrogen) atoms. The van der Waals surface area contributed by atoms with Crippen molar-refractivity contribution in [3.05, 3.63) is 17.7 Å². The number of rotatable bonds is 1. The molecule has 0 spiro atoms. The van der Waals surface area contributed by atoms with E-state index in [-0.39, 0.29) is 0 Å². The monoisotopic (exact) mass is 192 g/mol. The molecule has 0 unspecified atom stereocenters. The van der Waals surface area contributed by atoms with Gasteiger partial charge in [-0.25, -0.2) is 4.98 Å². The zero-order chi connectivity index (χ0) is 9.80. The molecule has 0 amide bonds. The summed E-state index contributed by atoms with van der Waals surface area (Å²) >= 11 is 0. The van der Waals surface area contributed by atoms with Gasteiger partial charge in [-0.05, 0) is 19.3 Å². The molecule has 0 saturated carbocycles. The van der Waals surface area contributed by atoms with Crippen LogP contribution in [0.5, 0.6) is 0 Å². The van der Waals surface area contributed by atoms with Crippen molar-refractivity contribution in [1.29, 1.82) is 0 Å². The number of imidazole rings is 1. The smallest absolute Gasteiger partial charge is 0.108 e. The minimum absolute atomic E-state index is 1.07. The minimum atomic E-state index is 1.07. The lowest BCUT2D eigenvalue weighted by Crippen LogP contribution is -2.01. The number of fused-ring (bicyclic) bond motifs is 1. The summed E-state index contributed by atoms with van der Waals surface area (Å²) in [5.41, 5.74) is 1.26. The van der Waals surface area contributed by atoms with E-state index >= 15 is 0 Å². The summed E-state index contributed by atoms with van der Waals surface area (Å²) in [6.07, 6.45) is 11.3. The third-order valence-electron chi connectivity index (χ3n) is 3.07. The van der Waals surface area contributed by atoms with Crippen molar-refractivity contribution in [2.45, 2.75) is 58.4 Å². The average molecular weight is 192 g/mol. The Balaban J connectivity index is 2.15. The molecular weight excluding hydrogens is 172 g/mol. The Bertz CT molecular complexity index is 263. The lowest BCUT2D eigenvalue weighted by molar-refractivity contribution is 0.585. The number of hydrogen-bond acceptors (Lipinski definition) is 1. The van der Waals surface area contributed by atoms with Gasteiger partial charge in [0, 0.05) is 19.2 Å². The van der Waals surface area contributed by atoms with Crippen molar-refractivity contribution in [3.63, 3.8) is 0 Å². The largest absolute Gasteiger partial charge is 0.335 e. The quantitative estimate of drug-likeness (QED) is 0.669. The molecule has 1 aromatic heterocycles. The molecule has 2 rings (SSSR count). The van der Waals surface area contributed by atoms with Crippen LogP contribution in [0.15, 0.2) is 6.20 Å². The molecule has 0 radical (unpaired) electrons. The summed E-state index contributed by atoms with van der Waals surface area (Å²) in [5, 5.41) is 0. The van der Waals surface area contributed by atoms with Crippen molar-refractivity contribution in [3.8, 4) is 0 Å². The Hall–Kier alpha value is -0.790. The first-order valence-electron chi connectivity index (χ1n) is 5.95. The highest BCUT2D eigenvalue weighted by atomic mass is 15.1. The highest BCUT2D eigenvalue weighted by Crippen LogP contribution is 2.14. The Kier molecular flexibility index (Phi) is 3.22. The second-order valence-corrected chi connectivity index (χ2v) is 4.21. The second kappa shape index (κ2) is 4.63. The molecule has 0 atom stereocenters. The van der Waals surface area contributed by atoms with Crippen molar-refractivity contribution in [1.82, 2.24) is 9.55 Å². The van der Waals surface area contributed by atoms with E-state index in [1.807, 2.05) is 0 Å². The van der Waals surface area contributed by atoms with Crippen LogP contribution in [-0.4, -0.2) is 9.55 Å². The van der Waals surface area contributed by atoms with Gasteiger partial charge in [-0.15, -0.1) is 0 Å².